The molecule has 6 heteroatoms. The Morgan fingerprint density at radius 3 is 2.44 bits per heavy atom. The molecule has 25 heavy (non-hydrogen) atoms. The topological polar surface area (TPSA) is 58.6 Å². The number of carbonyl (C=O) groups is 2. The maximum Gasteiger partial charge on any atom is 0.258 e. The van der Waals surface area contributed by atoms with E-state index in [4.69, 9.17) is 16.3 Å². The molecular weight excluding hydrogens is 340 g/mol. The number of halogens is 1. The van der Waals surface area contributed by atoms with Crippen LogP contribution in [-0.4, -0.2) is 37.4 Å². The van der Waals surface area contributed by atoms with Gasteiger partial charge in [-0.25, -0.2) is 0 Å². The first kappa shape index (κ1) is 19.0. The summed E-state index contributed by atoms with van der Waals surface area (Å²) in [4.78, 5) is 26.2. The van der Waals surface area contributed by atoms with Crippen LogP contribution in [0.15, 0.2) is 48.5 Å². The highest BCUT2D eigenvalue weighted by atomic mass is 35.5. The van der Waals surface area contributed by atoms with Crippen molar-refractivity contribution in [2.75, 3.05) is 26.0 Å². The molecule has 0 aromatic heterocycles. The van der Waals surface area contributed by atoms with E-state index in [0.717, 1.165) is 5.56 Å². The van der Waals surface area contributed by atoms with E-state index < -0.39 is 6.10 Å². The van der Waals surface area contributed by atoms with E-state index in [1.807, 2.05) is 37.3 Å². The maximum atomic E-state index is 12.7. The van der Waals surface area contributed by atoms with Gasteiger partial charge in [0.15, 0.2) is 6.10 Å². The Kier molecular flexibility index (Phi) is 6.56. The van der Waals surface area contributed by atoms with Crippen molar-refractivity contribution in [3.05, 3.63) is 64.7 Å². The van der Waals surface area contributed by atoms with Gasteiger partial charge >= 0.3 is 0 Å². The molecule has 0 heterocycles. The second-order valence-corrected chi connectivity index (χ2v) is 6.04. The van der Waals surface area contributed by atoms with Gasteiger partial charge in [-0.2, -0.15) is 0 Å². The molecule has 0 saturated heterocycles. The molecule has 132 valence electrons. The van der Waals surface area contributed by atoms with Crippen LogP contribution in [0.2, 0.25) is 5.02 Å². The monoisotopic (exact) mass is 360 g/mol. The lowest BCUT2D eigenvalue weighted by molar-refractivity contribution is -0.127. The fourth-order valence-electron chi connectivity index (χ4n) is 2.33. The number of nitrogens with one attached hydrogen (secondary N) is 1. The molecule has 0 radical (unpaired) electrons. The Labute approximate surface area is 152 Å². The highest BCUT2D eigenvalue weighted by Gasteiger charge is 2.22. The van der Waals surface area contributed by atoms with E-state index in [1.165, 1.54) is 4.90 Å². The van der Waals surface area contributed by atoms with E-state index in [-0.39, 0.29) is 11.8 Å². The Morgan fingerprint density at radius 2 is 1.84 bits per heavy atom. The Morgan fingerprint density at radius 1 is 1.16 bits per heavy atom. The van der Waals surface area contributed by atoms with Gasteiger partial charge in [0, 0.05) is 26.3 Å². The lowest BCUT2D eigenvalue weighted by Gasteiger charge is -2.18. The molecule has 2 aromatic carbocycles. The van der Waals surface area contributed by atoms with Crippen LogP contribution >= 0.6 is 11.6 Å². The van der Waals surface area contributed by atoms with Gasteiger partial charge in [0.05, 0.1) is 10.7 Å². The Bertz CT molecular complexity index is 748. The van der Waals surface area contributed by atoms with Gasteiger partial charge in [-0.05, 0) is 30.7 Å². The van der Waals surface area contributed by atoms with E-state index in [9.17, 15) is 9.59 Å². The molecule has 0 unspecified atom stereocenters. The highest BCUT2D eigenvalue weighted by Crippen LogP contribution is 2.26. The molecular formula is C19H21ClN2O3. The highest BCUT2D eigenvalue weighted by molar-refractivity contribution is 6.34. The number of nitrogens with zero attached hydrogens (tertiary/aromatic N) is 1. The third-order valence-electron chi connectivity index (χ3n) is 3.55. The molecule has 2 aromatic rings. The van der Waals surface area contributed by atoms with E-state index in [0.29, 0.717) is 22.9 Å². The van der Waals surface area contributed by atoms with Crippen LogP contribution in [0.3, 0.4) is 0 Å². The van der Waals surface area contributed by atoms with E-state index >= 15 is 0 Å². The van der Waals surface area contributed by atoms with Gasteiger partial charge < -0.3 is 15.0 Å². The lowest BCUT2D eigenvalue weighted by Crippen LogP contribution is -2.25. The van der Waals surface area contributed by atoms with Crippen LogP contribution in [0.5, 0.6) is 0 Å². The van der Waals surface area contributed by atoms with Crippen LogP contribution in [0, 0.1) is 0 Å². The summed E-state index contributed by atoms with van der Waals surface area (Å²) in [5.74, 6) is -0.513. The zero-order valence-electron chi connectivity index (χ0n) is 14.5. The number of anilines is 1. The summed E-state index contributed by atoms with van der Waals surface area (Å²) in [5.41, 5.74) is 1.57. The van der Waals surface area contributed by atoms with Crippen molar-refractivity contribution >= 4 is 29.1 Å². The molecule has 5 nitrogen and oxygen atoms in total. The van der Waals surface area contributed by atoms with Gasteiger partial charge in [-0.15, -0.1) is 0 Å². The summed E-state index contributed by atoms with van der Waals surface area (Å²) in [6.45, 7) is 2.21. The van der Waals surface area contributed by atoms with Crippen molar-refractivity contribution in [3.63, 3.8) is 0 Å². The predicted octanol–water partition coefficient (Wildman–Crippen LogP) is 3.76. The minimum atomic E-state index is -0.754. The first-order valence-corrected chi connectivity index (χ1v) is 8.30. The van der Waals surface area contributed by atoms with Crippen molar-refractivity contribution in [3.8, 4) is 0 Å². The summed E-state index contributed by atoms with van der Waals surface area (Å²) >= 11 is 6.17. The van der Waals surface area contributed by atoms with Crippen molar-refractivity contribution in [2.24, 2.45) is 0 Å². The molecule has 0 spiro atoms. The number of hydrogen-bond acceptors (Lipinski definition) is 3. The minimum absolute atomic E-state index is 0.170. The summed E-state index contributed by atoms with van der Waals surface area (Å²) in [7, 11) is 3.32. The van der Waals surface area contributed by atoms with E-state index in [1.54, 1.807) is 32.3 Å². The standard InChI is InChI=1S/C19H21ClN2O3/c1-4-25-17(13-8-6-5-7-9-13)18(23)21-16-12-14(10-11-15(16)20)19(24)22(2)3/h5-12,17H,4H2,1-3H3,(H,21,23)/t17-/m0/s1. The number of ether oxygens (including phenoxy) is 1. The molecule has 0 fully saturated rings. The summed E-state index contributed by atoms with van der Waals surface area (Å²) < 4.78 is 5.59. The number of carbonyl (C=O) groups excluding carboxylic acids is 2. The van der Waals surface area contributed by atoms with Crippen molar-refractivity contribution < 1.29 is 14.3 Å². The second-order valence-electron chi connectivity index (χ2n) is 5.63. The molecule has 0 aliphatic heterocycles. The number of amides is 2. The van der Waals surface area contributed by atoms with Gasteiger partial charge in [0.1, 0.15) is 0 Å². The quantitative estimate of drug-likeness (QED) is 0.853. The largest absolute Gasteiger partial charge is 0.364 e. The third kappa shape index (κ3) is 4.81. The van der Waals surface area contributed by atoms with Crippen LogP contribution in [0.25, 0.3) is 0 Å². The molecule has 0 bridgehead atoms. The third-order valence-corrected chi connectivity index (χ3v) is 3.88. The van der Waals surface area contributed by atoms with Crippen LogP contribution in [-0.2, 0) is 9.53 Å². The molecule has 2 amide bonds. The van der Waals surface area contributed by atoms with Gasteiger partial charge in [-0.1, -0.05) is 41.9 Å². The minimum Gasteiger partial charge on any atom is -0.364 e. The van der Waals surface area contributed by atoms with Gasteiger partial charge in [0.25, 0.3) is 11.8 Å². The molecule has 2 rings (SSSR count). The van der Waals surface area contributed by atoms with Crippen molar-refractivity contribution in [1.82, 2.24) is 4.90 Å². The zero-order valence-corrected chi connectivity index (χ0v) is 15.2. The lowest BCUT2D eigenvalue weighted by atomic mass is 10.1. The fourth-order valence-corrected chi connectivity index (χ4v) is 2.49. The fraction of sp³-hybridized carbons (Fsp3) is 0.263. The van der Waals surface area contributed by atoms with Gasteiger partial charge in [-0.3, -0.25) is 9.59 Å². The SMILES string of the molecule is CCO[C@H](C(=O)Nc1cc(C(=O)N(C)C)ccc1Cl)c1ccccc1. The maximum absolute atomic E-state index is 12.7. The summed E-state index contributed by atoms with van der Waals surface area (Å²) in [6, 6.07) is 14.0. The first-order chi connectivity index (χ1) is 11.9. The predicted molar refractivity (Wildman–Crippen MR) is 98.9 cm³/mol. The summed E-state index contributed by atoms with van der Waals surface area (Å²) in [5, 5.41) is 3.11. The molecule has 1 N–H and O–H groups in total. The average molecular weight is 361 g/mol. The molecule has 0 saturated carbocycles. The van der Waals surface area contributed by atoms with Crippen LogP contribution < -0.4 is 5.32 Å². The first-order valence-electron chi connectivity index (χ1n) is 7.92. The van der Waals surface area contributed by atoms with Crippen molar-refractivity contribution in [2.45, 2.75) is 13.0 Å². The zero-order chi connectivity index (χ0) is 18.4. The normalized spacial score (nSPS) is 11.7. The van der Waals surface area contributed by atoms with Crippen molar-refractivity contribution in [1.29, 1.82) is 0 Å². The van der Waals surface area contributed by atoms with Gasteiger partial charge in [0.2, 0.25) is 0 Å². The molecule has 1 atom stereocenters. The number of benzene rings is 2. The smallest absolute Gasteiger partial charge is 0.258 e. The molecule has 0 aliphatic rings. The Hall–Kier alpha value is -2.37. The van der Waals surface area contributed by atoms with Crippen LogP contribution in [0.1, 0.15) is 28.9 Å². The number of hydrogen-bond donors (Lipinski definition) is 1. The number of rotatable bonds is 6. The summed E-state index contributed by atoms with van der Waals surface area (Å²) in [6.07, 6.45) is -0.754. The Balaban J connectivity index is 2.26. The van der Waals surface area contributed by atoms with E-state index in [2.05, 4.69) is 5.32 Å². The second kappa shape index (κ2) is 8.65. The molecule has 0 aliphatic carbocycles. The average Bonchev–Trinajstić information content (AvgIpc) is 2.61. The van der Waals surface area contributed by atoms with Crippen LogP contribution in [0.4, 0.5) is 5.69 Å².